The average Bonchev–Trinajstić information content (AvgIpc) is 2.18. The number of aromatic nitrogens is 2. The van der Waals surface area contributed by atoms with E-state index in [2.05, 4.69) is 45.3 Å². The lowest BCUT2D eigenvalue weighted by Crippen LogP contribution is -2.25. The highest BCUT2D eigenvalue weighted by molar-refractivity contribution is 9.09. The van der Waals surface area contributed by atoms with Crippen LogP contribution in [0.25, 0.3) is 0 Å². The SMILES string of the molecule is CC(CBr)C(C)Nc1cccnn1. The molecule has 1 rings (SSSR count). The van der Waals surface area contributed by atoms with Gasteiger partial charge in [0.2, 0.25) is 0 Å². The molecule has 2 unspecified atom stereocenters. The first-order valence-electron chi connectivity index (χ1n) is 4.34. The lowest BCUT2D eigenvalue weighted by atomic mass is 10.1. The zero-order chi connectivity index (χ0) is 9.68. The summed E-state index contributed by atoms with van der Waals surface area (Å²) in [6.45, 7) is 4.32. The first-order chi connectivity index (χ1) is 6.24. The Morgan fingerprint density at radius 3 is 2.85 bits per heavy atom. The third-order valence-corrected chi connectivity index (χ3v) is 3.07. The molecule has 0 saturated carbocycles. The van der Waals surface area contributed by atoms with Gasteiger partial charge in [0.15, 0.2) is 0 Å². The Bertz CT molecular complexity index is 240. The number of anilines is 1. The summed E-state index contributed by atoms with van der Waals surface area (Å²) in [5.41, 5.74) is 0. The van der Waals surface area contributed by atoms with Gasteiger partial charge in [-0.1, -0.05) is 22.9 Å². The average molecular weight is 244 g/mol. The summed E-state index contributed by atoms with van der Waals surface area (Å²) in [4.78, 5) is 0. The Hall–Kier alpha value is -0.640. The van der Waals surface area contributed by atoms with Gasteiger partial charge in [-0.25, -0.2) is 0 Å². The summed E-state index contributed by atoms with van der Waals surface area (Å²) in [5.74, 6) is 1.41. The molecule has 0 aliphatic carbocycles. The van der Waals surface area contributed by atoms with Gasteiger partial charge in [0.05, 0.1) is 0 Å². The van der Waals surface area contributed by atoms with Gasteiger partial charge in [-0.05, 0) is 25.0 Å². The summed E-state index contributed by atoms with van der Waals surface area (Å²) in [6.07, 6.45) is 1.67. The molecule has 1 aromatic heterocycles. The topological polar surface area (TPSA) is 37.8 Å². The molecule has 0 amide bonds. The van der Waals surface area contributed by atoms with E-state index in [0.717, 1.165) is 11.1 Å². The van der Waals surface area contributed by atoms with Crippen molar-refractivity contribution in [3.63, 3.8) is 0 Å². The lowest BCUT2D eigenvalue weighted by Gasteiger charge is -2.19. The first kappa shape index (κ1) is 10.4. The smallest absolute Gasteiger partial charge is 0.148 e. The van der Waals surface area contributed by atoms with E-state index in [1.165, 1.54) is 0 Å². The highest BCUT2D eigenvalue weighted by Crippen LogP contribution is 2.10. The van der Waals surface area contributed by atoms with Crippen LogP contribution in [0.2, 0.25) is 0 Å². The summed E-state index contributed by atoms with van der Waals surface area (Å²) in [5, 5.41) is 12.0. The van der Waals surface area contributed by atoms with E-state index in [1.54, 1.807) is 6.20 Å². The molecular weight excluding hydrogens is 230 g/mol. The predicted octanol–water partition coefficient (Wildman–Crippen LogP) is 2.31. The van der Waals surface area contributed by atoms with Crippen LogP contribution in [0.5, 0.6) is 0 Å². The van der Waals surface area contributed by atoms with Crippen molar-refractivity contribution in [1.82, 2.24) is 10.2 Å². The normalized spacial score (nSPS) is 15.0. The number of rotatable bonds is 4. The lowest BCUT2D eigenvalue weighted by molar-refractivity contribution is 0.569. The molecule has 0 aliphatic rings. The van der Waals surface area contributed by atoms with Crippen molar-refractivity contribution in [2.75, 3.05) is 10.6 Å². The molecule has 1 N–H and O–H groups in total. The second kappa shape index (κ2) is 5.17. The van der Waals surface area contributed by atoms with Crippen LogP contribution < -0.4 is 5.32 Å². The summed E-state index contributed by atoms with van der Waals surface area (Å²) in [7, 11) is 0. The molecule has 0 radical (unpaired) electrons. The fourth-order valence-electron chi connectivity index (χ4n) is 0.888. The number of hydrogen-bond donors (Lipinski definition) is 1. The molecule has 0 aromatic carbocycles. The molecule has 0 spiro atoms. The molecular formula is C9H14BrN3. The van der Waals surface area contributed by atoms with Crippen LogP contribution in [0.1, 0.15) is 13.8 Å². The maximum atomic E-state index is 3.96. The van der Waals surface area contributed by atoms with E-state index in [1.807, 2.05) is 12.1 Å². The van der Waals surface area contributed by atoms with Gasteiger partial charge >= 0.3 is 0 Å². The minimum Gasteiger partial charge on any atom is -0.366 e. The summed E-state index contributed by atoms with van der Waals surface area (Å²) < 4.78 is 0. The Morgan fingerprint density at radius 2 is 2.31 bits per heavy atom. The fraction of sp³-hybridized carbons (Fsp3) is 0.556. The van der Waals surface area contributed by atoms with Gasteiger partial charge in [-0.2, -0.15) is 5.10 Å². The van der Waals surface area contributed by atoms with Crippen molar-refractivity contribution in [3.8, 4) is 0 Å². The van der Waals surface area contributed by atoms with Crippen molar-refractivity contribution in [2.24, 2.45) is 5.92 Å². The van der Waals surface area contributed by atoms with Crippen LogP contribution in [0.3, 0.4) is 0 Å². The maximum absolute atomic E-state index is 3.96. The molecule has 13 heavy (non-hydrogen) atoms. The molecule has 0 saturated heterocycles. The van der Waals surface area contributed by atoms with E-state index < -0.39 is 0 Å². The van der Waals surface area contributed by atoms with Gasteiger partial charge < -0.3 is 5.32 Å². The predicted molar refractivity (Wildman–Crippen MR) is 58.1 cm³/mol. The van der Waals surface area contributed by atoms with Gasteiger partial charge in [0.1, 0.15) is 5.82 Å². The van der Waals surface area contributed by atoms with Crippen molar-refractivity contribution >= 4 is 21.7 Å². The molecule has 4 heteroatoms. The second-order valence-electron chi connectivity index (χ2n) is 3.17. The number of nitrogens with one attached hydrogen (secondary N) is 1. The molecule has 0 bridgehead atoms. The minimum atomic E-state index is 0.399. The van der Waals surface area contributed by atoms with Gasteiger partial charge in [0.25, 0.3) is 0 Å². The highest BCUT2D eigenvalue weighted by atomic mass is 79.9. The van der Waals surface area contributed by atoms with Crippen LogP contribution in [0.4, 0.5) is 5.82 Å². The second-order valence-corrected chi connectivity index (χ2v) is 3.82. The number of hydrogen-bond acceptors (Lipinski definition) is 3. The van der Waals surface area contributed by atoms with E-state index >= 15 is 0 Å². The van der Waals surface area contributed by atoms with E-state index in [9.17, 15) is 0 Å². The van der Waals surface area contributed by atoms with Gasteiger partial charge in [0, 0.05) is 17.6 Å². The monoisotopic (exact) mass is 243 g/mol. The molecule has 0 fully saturated rings. The van der Waals surface area contributed by atoms with Gasteiger partial charge in [-0.3, -0.25) is 0 Å². The fourth-order valence-corrected chi connectivity index (χ4v) is 1.45. The third-order valence-electron chi connectivity index (χ3n) is 2.04. The van der Waals surface area contributed by atoms with E-state index in [-0.39, 0.29) is 0 Å². The van der Waals surface area contributed by atoms with Crippen LogP contribution in [0.15, 0.2) is 18.3 Å². The van der Waals surface area contributed by atoms with Crippen LogP contribution in [-0.2, 0) is 0 Å². The Labute approximate surface area is 87.1 Å². The molecule has 2 atom stereocenters. The summed E-state index contributed by atoms with van der Waals surface area (Å²) >= 11 is 3.45. The quantitative estimate of drug-likeness (QED) is 0.826. The van der Waals surface area contributed by atoms with Crippen molar-refractivity contribution in [3.05, 3.63) is 18.3 Å². The van der Waals surface area contributed by atoms with Crippen LogP contribution in [0, 0.1) is 5.92 Å². The maximum Gasteiger partial charge on any atom is 0.148 e. The van der Waals surface area contributed by atoms with Crippen LogP contribution in [-0.4, -0.2) is 21.6 Å². The number of alkyl halides is 1. The Morgan fingerprint density at radius 1 is 1.54 bits per heavy atom. The van der Waals surface area contributed by atoms with Gasteiger partial charge in [-0.15, -0.1) is 5.10 Å². The standard InChI is InChI=1S/C9H14BrN3/c1-7(6-10)8(2)12-9-4-3-5-11-13-9/h3-5,7-8H,6H2,1-2H3,(H,12,13). The molecule has 1 aromatic rings. The summed E-state index contributed by atoms with van der Waals surface area (Å²) in [6, 6.07) is 4.20. The third kappa shape index (κ3) is 3.30. The largest absolute Gasteiger partial charge is 0.366 e. The molecule has 0 aliphatic heterocycles. The molecule has 1 heterocycles. The molecule has 3 nitrogen and oxygen atoms in total. The van der Waals surface area contributed by atoms with Crippen molar-refractivity contribution < 1.29 is 0 Å². The number of halogens is 1. The Kier molecular flexibility index (Phi) is 4.15. The van der Waals surface area contributed by atoms with Crippen molar-refractivity contribution in [2.45, 2.75) is 19.9 Å². The van der Waals surface area contributed by atoms with E-state index in [0.29, 0.717) is 12.0 Å². The highest BCUT2D eigenvalue weighted by Gasteiger charge is 2.10. The number of nitrogens with zero attached hydrogens (tertiary/aromatic N) is 2. The molecule has 72 valence electrons. The van der Waals surface area contributed by atoms with Crippen LogP contribution >= 0.6 is 15.9 Å². The van der Waals surface area contributed by atoms with Crippen molar-refractivity contribution in [1.29, 1.82) is 0 Å². The first-order valence-corrected chi connectivity index (χ1v) is 5.46. The zero-order valence-corrected chi connectivity index (χ0v) is 9.45. The zero-order valence-electron chi connectivity index (χ0n) is 7.87. The Balaban J connectivity index is 2.50. The minimum absolute atomic E-state index is 0.399. The van der Waals surface area contributed by atoms with E-state index in [4.69, 9.17) is 0 Å².